The van der Waals surface area contributed by atoms with E-state index in [0.717, 1.165) is 28.9 Å². The minimum atomic E-state index is -0.571. The van der Waals surface area contributed by atoms with Gasteiger partial charge in [-0.1, -0.05) is 12.2 Å². The molecule has 1 aliphatic heterocycles. The summed E-state index contributed by atoms with van der Waals surface area (Å²) < 4.78 is 0. The van der Waals surface area contributed by atoms with Crippen molar-refractivity contribution in [3.8, 4) is 0 Å². The first-order chi connectivity index (χ1) is 9.58. The largest absolute Gasteiger partial charge is 0.345 e. The zero-order chi connectivity index (χ0) is 14.0. The molecular formula is C12H9N3O4S. The van der Waals surface area contributed by atoms with Crippen LogP contribution in [0, 0.1) is 33.8 Å². The standard InChI is InChI=1S/C12H9N3O4S/c16-10-8-5-1-2-6(3-5)9(8)11(17)14(10)12-13-4-7(20-12)15(18)19/h1-2,4-6,8-9H,3H2/t5-,6+,8-,9-/m0/s1. The molecule has 102 valence electrons. The predicted molar refractivity (Wildman–Crippen MR) is 69.0 cm³/mol. The van der Waals surface area contributed by atoms with Crippen LogP contribution >= 0.6 is 11.3 Å². The van der Waals surface area contributed by atoms with Gasteiger partial charge in [-0.3, -0.25) is 19.7 Å². The summed E-state index contributed by atoms with van der Waals surface area (Å²) in [4.78, 5) is 39.9. The van der Waals surface area contributed by atoms with E-state index >= 15 is 0 Å². The molecule has 0 aromatic carbocycles. The first-order valence-corrected chi connectivity index (χ1v) is 7.06. The summed E-state index contributed by atoms with van der Waals surface area (Å²) in [6.07, 6.45) is 5.95. The van der Waals surface area contributed by atoms with E-state index in [1.54, 1.807) is 0 Å². The van der Waals surface area contributed by atoms with E-state index in [9.17, 15) is 19.7 Å². The molecule has 4 atom stereocenters. The average Bonchev–Trinajstić information content (AvgIpc) is 3.13. The van der Waals surface area contributed by atoms with Gasteiger partial charge in [0.2, 0.25) is 16.9 Å². The zero-order valence-corrected chi connectivity index (χ0v) is 10.9. The Morgan fingerprint density at radius 3 is 2.35 bits per heavy atom. The minimum Gasteiger partial charge on any atom is -0.274 e. The molecule has 0 radical (unpaired) electrons. The second kappa shape index (κ2) is 3.72. The number of thiazole rings is 1. The van der Waals surface area contributed by atoms with E-state index in [4.69, 9.17) is 0 Å². The number of carbonyl (C=O) groups is 2. The molecule has 2 bridgehead atoms. The van der Waals surface area contributed by atoms with Crippen LogP contribution in [0.5, 0.6) is 0 Å². The van der Waals surface area contributed by atoms with Gasteiger partial charge in [-0.25, -0.2) is 9.88 Å². The van der Waals surface area contributed by atoms with Gasteiger partial charge >= 0.3 is 5.00 Å². The maximum Gasteiger partial charge on any atom is 0.345 e. The molecule has 1 aromatic rings. The zero-order valence-electron chi connectivity index (χ0n) is 10.1. The molecule has 2 aliphatic carbocycles. The first kappa shape index (κ1) is 11.7. The molecule has 0 unspecified atom stereocenters. The second-order valence-electron chi connectivity index (χ2n) is 5.25. The lowest BCUT2D eigenvalue weighted by molar-refractivity contribution is -0.380. The Balaban J connectivity index is 1.72. The van der Waals surface area contributed by atoms with E-state index in [2.05, 4.69) is 4.98 Å². The molecule has 2 heterocycles. The summed E-state index contributed by atoms with van der Waals surface area (Å²) in [5, 5.41) is 10.6. The Hall–Kier alpha value is -2.09. The SMILES string of the molecule is O=C1[C@@H]2[C@@H](C(=O)N1c1ncc([N+](=O)[O-])s1)[C@H]1C=C[C@@H]2C1. The smallest absolute Gasteiger partial charge is 0.274 e. The molecule has 4 rings (SSSR count). The van der Waals surface area contributed by atoms with Crippen LogP contribution in [0.3, 0.4) is 0 Å². The number of nitrogens with zero attached hydrogens (tertiary/aromatic N) is 3. The van der Waals surface area contributed by atoms with Gasteiger partial charge in [0.15, 0.2) is 0 Å². The quantitative estimate of drug-likeness (QED) is 0.355. The van der Waals surface area contributed by atoms with Crippen LogP contribution in [0.1, 0.15) is 6.42 Å². The number of anilines is 1. The third kappa shape index (κ3) is 1.31. The molecule has 3 aliphatic rings. The lowest BCUT2D eigenvalue weighted by Gasteiger charge is -2.14. The fourth-order valence-electron chi connectivity index (χ4n) is 3.54. The molecule has 2 fully saturated rings. The van der Waals surface area contributed by atoms with Gasteiger partial charge in [0, 0.05) is 0 Å². The second-order valence-corrected chi connectivity index (χ2v) is 6.24. The van der Waals surface area contributed by atoms with Gasteiger partial charge < -0.3 is 0 Å². The summed E-state index contributed by atoms with van der Waals surface area (Å²) in [6, 6.07) is 0. The highest BCUT2D eigenvalue weighted by Gasteiger charge is 2.60. The number of allylic oxidation sites excluding steroid dienone is 2. The Morgan fingerprint density at radius 1 is 1.25 bits per heavy atom. The van der Waals surface area contributed by atoms with Gasteiger partial charge in [0.05, 0.1) is 16.8 Å². The molecule has 2 amide bonds. The van der Waals surface area contributed by atoms with Gasteiger partial charge in [0.25, 0.3) is 0 Å². The summed E-state index contributed by atoms with van der Waals surface area (Å²) in [5.41, 5.74) is 0. The lowest BCUT2D eigenvalue weighted by Crippen LogP contribution is -2.32. The Bertz CT molecular complexity index is 652. The monoisotopic (exact) mass is 291 g/mol. The number of aromatic nitrogens is 1. The fraction of sp³-hybridized carbons (Fsp3) is 0.417. The summed E-state index contributed by atoms with van der Waals surface area (Å²) in [7, 11) is 0. The number of amides is 2. The minimum absolute atomic E-state index is 0.112. The molecule has 0 spiro atoms. The van der Waals surface area contributed by atoms with Crippen LogP contribution < -0.4 is 4.90 Å². The number of rotatable bonds is 2. The van der Waals surface area contributed by atoms with Crippen LogP contribution in [-0.4, -0.2) is 21.7 Å². The van der Waals surface area contributed by atoms with Crippen LogP contribution in [-0.2, 0) is 9.59 Å². The summed E-state index contributed by atoms with van der Waals surface area (Å²) >= 11 is 0.761. The molecule has 8 heteroatoms. The number of imide groups is 1. The number of fused-ring (bicyclic) bond motifs is 5. The molecule has 1 aromatic heterocycles. The third-order valence-electron chi connectivity index (χ3n) is 4.32. The van der Waals surface area contributed by atoms with Gasteiger partial charge in [0.1, 0.15) is 6.20 Å². The van der Waals surface area contributed by atoms with E-state index < -0.39 is 4.92 Å². The van der Waals surface area contributed by atoms with Crippen molar-refractivity contribution in [1.82, 2.24) is 4.98 Å². The van der Waals surface area contributed by atoms with Crippen LogP contribution in [0.15, 0.2) is 18.3 Å². The number of nitro groups is 1. The highest BCUT2D eigenvalue weighted by Crippen LogP contribution is 2.53. The predicted octanol–water partition coefficient (Wildman–Crippen LogP) is 1.36. The number of hydrogen-bond acceptors (Lipinski definition) is 6. The van der Waals surface area contributed by atoms with E-state index in [1.165, 1.54) is 0 Å². The maximum absolute atomic E-state index is 12.4. The van der Waals surface area contributed by atoms with Crippen molar-refractivity contribution in [1.29, 1.82) is 0 Å². The highest BCUT2D eigenvalue weighted by molar-refractivity contribution is 7.19. The summed E-state index contributed by atoms with van der Waals surface area (Å²) in [5.74, 6) is -0.883. The van der Waals surface area contributed by atoms with Crippen LogP contribution in [0.25, 0.3) is 0 Å². The van der Waals surface area contributed by atoms with Crippen molar-refractivity contribution < 1.29 is 14.5 Å². The van der Waals surface area contributed by atoms with Crippen molar-refractivity contribution in [3.05, 3.63) is 28.5 Å². The van der Waals surface area contributed by atoms with Crippen molar-refractivity contribution >= 4 is 33.3 Å². The van der Waals surface area contributed by atoms with Crippen molar-refractivity contribution in [2.75, 3.05) is 4.90 Å². The van der Waals surface area contributed by atoms with E-state index in [-0.39, 0.29) is 45.6 Å². The van der Waals surface area contributed by atoms with Gasteiger partial charge in [-0.2, -0.15) is 0 Å². The highest BCUT2D eigenvalue weighted by atomic mass is 32.1. The summed E-state index contributed by atoms with van der Waals surface area (Å²) in [6.45, 7) is 0. The van der Waals surface area contributed by atoms with Crippen molar-refractivity contribution in [2.24, 2.45) is 23.7 Å². The Morgan fingerprint density at radius 2 is 1.85 bits per heavy atom. The Kier molecular flexibility index (Phi) is 2.18. The normalized spacial score (nSPS) is 34.1. The third-order valence-corrected chi connectivity index (χ3v) is 5.26. The first-order valence-electron chi connectivity index (χ1n) is 6.24. The lowest BCUT2D eigenvalue weighted by atomic mass is 9.85. The molecular weight excluding hydrogens is 282 g/mol. The van der Waals surface area contributed by atoms with E-state index in [0.29, 0.717) is 0 Å². The van der Waals surface area contributed by atoms with E-state index in [1.807, 2.05) is 12.2 Å². The number of carbonyl (C=O) groups excluding carboxylic acids is 2. The molecule has 20 heavy (non-hydrogen) atoms. The maximum atomic E-state index is 12.4. The van der Waals surface area contributed by atoms with Crippen LogP contribution in [0.4, 0.5) is 10.1 Å². The number of hydrogen-bond donors (Lipinski definition) is 0. The fourth-order valence-corrected chi connectivity index (χ4v) is 4.28. The average molecular weight is 291 g/mol. The topological polar surface area (TPSA) is 93.4 Å². The molecule has 7 nitrogen and oxygen atoms in total. The van der Waals surface area contributed by atoms with Crippen molar-refractivity contribution in [3.63, 3.8) is 0 Å². The van der Waals surface area contributed by atoms with Crippen LogP contribution in [0.2, 0.25) is 0 Å². The van der Waals surface area contributed by atoms with Gasteiger partial charge in [-0.05, 0) is 29.6 Å². The molecule has 0 N–H and O–H groups in total. The molecule has 1 saturated carbocycles. The van der Waals surface area contributed by atoms with Crippen molar-refractivity contribution in [2.45, 2.75) is 6.42 Å². The molecule has 1 saturated heterocycles. The van der Waals surface area contributed by atoms with Gasteiger partial charge in [-0.15, -0.1) is 0 Å². The Labute approximate surface area is 117 Å².